The topological polar surface area (TPSA) is 91.4 Å². The molecule has 17 heavy (non-hydrogen) atoms. The predicted molar refractivity (Wildman–Crippen MR) is 59.4 cm³/mol. The van der Waals surface area contributed by atoms with Crippen molar-refractivity contribution in [1.29, 1.82) is 0 Å². The fourth-order valence-corrected chi connectivity index (χ4v) is 1.37. The Labute approximate surface area is 97.8 Å². The molecular weight excluding hydrogens is 222 g/mol. The molecule has 0 amide bonds. The Kier molecular flexibility index (Phi) is 3.19. The number of aliphatic hydroxyl groups is 3. The van der Waals surface area contributed by atoms with Gasteiger partial charge in [-0.15, -0.1) is 0 Å². The van der Waals surface area contributed by atoms with Crippen LogP contribution in [-0.4, -0.2) is 43.5 Å². The van der Waals surface area contributed by atoms with Crippen molar-refractivity contribution in [3.8, 4) is 5.69 Å². The molecule has 6 nitrogen and oxygen atoms in total. The summed E-state index contributed by atoms with van der Waals surface area (Å²) in [5.74, 6) is 0. The lowest BCUT2D eigenvalue weighted by Crippen LogP contribution is -2.35. The molecule has 90 valence electrons. The first-order chi connectivity index (χ1) is 8.19. The van der Waals surface area contributed by atoms with Crippen LogP contribution in [0.25, 0.3) is 5.69 Å². The third-order valence-corrected chi connectivity index (χ3v) is 2.48. The van der Waals surface area contributed by atoms with E-state index in [2.05, 4.69) is 10.2 Å². The van der Waals surface area contributed by atoms with Gasteiger partial charge in [0.25, 0.3) is 0 Å². The van der Waals surface area contributed by atoms with Gasteiger partial charge in [0.05, 0.1) is 25.1 Å². The van der Waals surface area contributed by atoms with Crippen LogP contribution in [0.4, 0.5) is 0 Å². The zero-order valence-corrected chi connectivity index (χ0v) is 9.06. The first-order valence-corrected chi connectivity index (χ1v) is 5.12. The molecule has 2 rings (SSSR count). The maximum Gasteiger partial charge on any atom is 0.156 e. The maximum atomic E-state index is 9.84. The fourth-order valence-electron chi connectivity index (χ4n) is 1.37. The van der Waals surface area contributed by atoms with Crippen LogP contribution in [0, 0.1) is 0 Å². The normalized spacial score (nSPS) is 11.7. The molecule has 3 N–H and O–H groups in total. The first kappa shape index (κ1) is 11.7. The Bertz CT molecular complexity index is 480. The van der Waals surface area contributed by atoms with Crippen LogP contribution in [0.3, 0.4) is 0 Å². The summed E-state index contributed by atoms with van der Waals surface area (Å²) < 4.78 is 0. The van der Waals surface area contributed by atoms with Crippen molar-refractivity contribution in [3.05, 3.63) is 42.2 Å². The number of rotatable bonds is 4. The smallest absolute Gasteiger partial charge is 0.156 e. The summed E-state index contributed by atoms with van der Waals surface area (Å²) in [7, 11) is 0. The molecule has 0 saturated heterocycles. The van der Waals surface area contributed by atoms with Gasteiger partial charge in [-0.25, -0.2) is 0 Å². The number of nitrogens with zero attached hydrogens (tertiary/aromatic N) is 3. The number of hydrogen-bond donors (Lipinski definition) is 3. The van der Waals surface area contributed by atoms with Crippen LogP contribution in [0.2, 0.25) is 0 Å². The second-order valence-electron chi connectivity index (χ2n) is 3.70. The Morgan fingerprint density at radius 2 is 1.76 bits per heavy atom. The standard InChI is InChI=1S/C11H13N3O3/c15-7-11(17,8-16)10-6-12-14(13-10)9-4-2-1-3-5-9/h1-6,15-17H,7-8H2. The Hall–Kier alpha value is -1.76. The lowest BCUT2D eigenvalue weighted by molar-refractivity contribution is -0.0631. The van der Waals surface area contributed by atoms with E-state index in [1.165, 1.54) is 11.0 Å². The van der Waals surface area contributed by atoms with Gasteiger partial charge in [-0.3, -0.25) is 0 Å². The van der Waals surface area contributed by atoms with E-state index < -0.39 is 18.8 Å². The van der Waals surface area contributed by atoms with Crippen molar-refractivity contribution in [3.63, 3.8) is 0 Å². The number of aromatic nitrogens is 3. The Balaban J connectivity index is 2.34. The van der Waals surface area contributed by atoms with Crippen LogP contribution in [0.5, 0.6) is 0 Å². The van der Waals surface area contributed by atoms with E-state index >= 15 is 0 Å². The van der Waals surface area contributed by atoms with Gasteiger partial charge in [0.2, 0.25) is 0 Å². The molecule has 0 saturated carbocycles. The zero-order chi connectivity index (χ0) is 12.3. The van der Waals surface area contributed by atoms with Gasteiger partial charge in [-0.05, 0) is 12.1 Å². The van der Waals surface area contributed by atoms with Gasteiger partial charge in [0.15, 0.2) is 5.60 Å². The molecule has 0 unspecified atom stereocenters. The molecule has 0 aliphatic rings. The molecule has 1 aromatic heterocycles. The highest BCUT2D eigenvalue weighted by molar-refractivity contribution is 5.28. The van der Waals surface area contributed by atoms with Crippen LogP contribution >= 0.6 is 0 Å². The molecular formula is C11H13N3O3. The minimum Gasteiger partial charge on any atom is -0.393 e. The molecule has 6 heteroatoms. The van der Waals surface area contributed by atoms with E-state index in [9.17, 15) is 5.11 Å². The van der Waals surface area contributed by atoms with Crippen molar-refractivity contribution in [2.75, 3.05) is 13.2 Å². The molecule has 2 aromatic rings. The average molecular weight is 235 g/mol. The lowest BCUT2D eigenvalue weighted by atomic mass is 10.0. The summed E-state index contributed by atoms with van der Waals surface area (Å²) >= 11 is 0. The molecule has 0 aliphatic carbocycles. The molecule has 1 aromatic carbocycles. The van der Waals surface area contributed by atoms with Gasteiger partial charge >= 0.3 is 0 Å². The maximum absolute atomic E-state index is 9.84. The average Bonchev–Trinajstić information content (AvgIpc) is 2.89. The van der Waals surface area contributed by atoms with Crippen LogP contribution in [0.15, 0.2) is 36.5 Å². The van der Waals surface area contributed by atoms with Crippen LogP contribution < -0.4 is 0 Å². The summed E-state index contributed by atoms with van der Waals surface area (Å²) in [5, 5.41) is 35.9. The van der Waals surface area contributed by atoms with E-state index in [1.807, 2.05) is 18.2 Å². The number of hydrogen-bond acceptors (Lipinski definition) is 5. The number of para-hydroxylation sites is 1. The zero-order valence-electron chi connectivity index (χ0n) is 9.06. The lowest BCUT2D eigenvalue weighted by Gasteiger charge is -2.19. The second-order valence-corrected chi connectivity index (χ2v) is 3.70. The highest BCUT2D eigenvalue weighted by atomic mass is 16.4. The Morgan fingerprint density at radius 1 is 1.12 bits per heavy atom. The summed E-state index contributed by atoms with van der Waals surface area (Å²) in [6, 6.07) is 9.15. The second kappa shape index (κ2) is 4.62. The quantitative estimate of drug-likeness (QED) is 0.660. The Morgan fingerprint density at radius 3 is 2.35 bits per heavy atom. The minimum absolute atomic E-state index is 0.131. The molecule has 0 fully saturated rings. The highest BCUT2D eigenvalue weighted by Crippen LogP contribution is 2.17. The van der Waals surface area contributed by atoms with E-state index in [1.54, 1.807) is 12.1 Å². The first-order valence-electron chi connectivity index (χ1n) is 5.12. The van der Waals surface area contributed by atoms with Crippen molar-refractivity contribution in [1.82, 2.24) is 15.0 Å². The highest BCUT2D eigenvalue weighted by Gasteiger charge is 2.31. The fraction of sp³-hybridized carbons (Fsp3) is 0.273. The van der Waals surface area contributed by atoms with Gasteiger partial charge in [-0.1, -0.05) is 18.2 Å². The van der Waals surface area contributed by atoms with Crippen molar-refractivity contribution in [2.45, 2.75) is 5.60 Å². The summed E-state index contributed by atoms with van der Waals surface area (Å²) in [4.78, 5) is 1.33. The van der Waals surface area contributed by atoms with E-state index in [0.29, 0.717) is 0 Å². The summed E-state index contributed by atoms with van der Waals surface area (Å²) in [6.45, 7) is -1.23. The molecule has 0 atom stereocenters. The molecule has 0 radical (unpaired) electrons. The molecule has 1 heterocycles. The van der Waals surface area contributed by atoms with Crippen molar-refractivity contribution in [2.24, 2.45) is 0 Å². The van der Waals surface area contributed by atoms with Gasteiger partial charge < -0.3 is 15.3 Å². The van der Waals surface area contributed by atoms with E-state index in [4.69, 9.17) is 10.2 Å². The van der Waals surface area contributed by atoms with E-state index in [-0.39, 0.29) is 5.69 Å². The van der Waals surface area contributed by atoms with Crippen molar-refractivity contribution < 1.29 is 15.3 Å². The minimum atomic E-state index is -1.76. The summed E-state index contributed by atoms with van der Waals surface area (Å²) in [6.07, 6.45) is 1.32. The number of benzene rings is 1. The largest absolute Gasteiger partial charge is 0.393 e. The molecule has 0 bridgehead atoms. The summed E-state index contributed by atoms with van der Waals surface area (Å²) in [5.41, 5.74) is -0.893. The van der Waals surface area contributed by atoms with Crippen LogP contribution in [0.1, 0.15) is 5.69 Å². The van der Waals surface area contributed by atoms with Crippen LogP contribution in [-0.2, 0) is 5.60 Å². The monoisotopic (exact) mass is 235 g/mol. The van der Waals surface area contributed by atoms with Gasteiger partial charge in [0.1, 0.15) is 5.69 Å². The molecule has 0 spiro atoms. The van der Waals surface area contributed by atoms with E-state index in [0.717, 1.165) is 5.69 Å². The number of aliphatic hydroxyl groups excluding tert-OH is 2. The van der Waals surface area contributed by atoms with Crippen molar-refractivity contribution >= 4 is 0 Å². The molecule has 0 aliphatic heterocycles. The van der Waals surface area contributed by atoms with Gasteiger partial charge in [-0.2, -0.15) is 15.0 Å². The van der Waals surface area contributed by atoms with Gasteiger partial charge in [0, 0.05) is 0 Å². The third-order valence-electron chi connectivity index (χ3n) is 2.48. The SMILES string of the molecule is OCC(O)(CO)c1cnn(-c2ccccc2)n1. The third kappa shape index (κ3) is 2.19. The predicted octanol–water partition coefficient (Wildman–Crippen LogP) is -0.561.